The Hall–Kier alpha value is -1.63. The highest BCUT2D eigenvalue weighted by Gasteiger charge is 2.43. The second kappa shape index (κ2) is 6.51. The summed E-state index contributed by atoms with van der Waals surface area (Å²) in [7, 11) is 1.23. The van der Waals surface area contributed by atoms with Crippen molar-refractivity contribution >= 4 is 17.8 Å². The Balaban J connectivity index is 2.56. The molecule has 0 heterocycles. The molecule has 7 heteroatoms. The third-order valence-corrected chi connectivity index (χ3v) is 3.65. The third-order valence-electron chi connectivity index (χ3n) is 3.65. The quantitative estimate of drug-likeness (QED) is 0.544. The summed E-state index contributed by atoms with van der Waals surface area (Å²) in [5.74, 6) is -2.00. The van der Waals surface area contributed by atoms with Gasteiger partial charge in [-0.2, -0.15) is 0 Å². The number of amides is 1. The van der Waals surface area contributed by atoms with Gasteiger partial charge in [0, 0.05) is 13.0 Å². The van der Waals surface area contributed by atoms with Crippen molar-refractivity contribution in [2.45, 2.75) is 38.1 Å². The fourth-order valence-corrected chi connectivity index (χ4v) is 2.06. The summed E-state index contributed by atoms with van der Waals surface area (Å²) in [5.41, 5.74) is 4.96. The zero-order chi connectivity index (χ0) is 14.5. The van der Waals surface area contributed by atoms with Crippen LogP contribution in [0.2, 0.25) is 0 Å². The lowest BCUT2D eigenvalue weighted by Crippen LogP contribution is -2.54. The monoisotopic (exact) mass is 272 g/mol. The van der Waals surface area contributed by atoms with Gasteiger partial charge in [0.2, 0.25) is 5.91 Å². The van der Waals surface area contributed by atoms with Crippen LogP contribution in [-0.2, 0) is 19.1 Å². The molecule has 1 atom stereocenters. The number of carbonyl (C=O) groups excluding carboxylic acids is 2. The highest BCUT2D eigenvalue weighted by atomic mass is 16.5. The van der Waals surface area contributed by atoms with Crippen molar-refractivity contribution in [2.24, 2.45) is 11.1 Å². The molecule has 0 aromatic carbocycles. The van der Waals surface area contributed by atoms with Crippen molar-refractivity contribution in [3.63, 3.8) is 0 Å². The van der Waals surface area contributed by atoms with Gasteiger partial charge < -0.3 is 20.9 Å². The fourth-order valence-electron chi connectivity index (χ4n) is 2.06. The van der Waals surface area contributed by atoms with E-state index in [4.69, 9.17) is 10.8 Å². The summed E-state index contributed by atoms with van der Waals surface area (Å²) < 4.78 is 4.44. The van der Waals surface area contributed by atoms with E-state index in [9.17, 15) is 14.4 Å². The van der Waals surface area contributed by atoms with E-state index in [1.807, 2.05) is 0 Å². The number of carboxylic acids is 1. The molecule has 0 saturated heterocycles. The average Bonchev–Trinajstić information content (AvgIpc) is 2.32. The van der Waals surface area contributed by atoms with Gasteiger partial charge in [-0.1, -0.05) is 6.42 Å². The van der Waals surface area contributed by atoms with Gasteiger partial charge in [-0.15, -0.1) is 0 Å². The Bertz CT molecular complexity index is 360. The molecule has 0 aromatic heterocycles. The maximum atomic E-state index is 12.0. The number of esters is 1. The third kappa shape index (κ3) is 3.66. The number of ether oxygens (including phenoxy) is 1. The van der Waals surface area contributed by atoms with E-state index in [1.54, 1.807) is 0 Å². The number of rotatable bonds is 7. The van der Waals surface area contributed by atoms with Crippen LogP contribution in [0.5, 0.6) is 0 Å². The van der Waals surface area contributed by atoms with Crippen LogP contribution in [0.25, 0.3) is 0 Å². The van der Waals surface area contributed by atoms with E-state index in [1.165, 1.54) is 7.11 Å². The summed E-state index contributed by atoms with van der Waals surface area (Å²) in [6.45, 7) is 0.210. The largest absolute Gasteiger partial charge is 0.480 e. The zero-order valence-electron chi connectivity index (χ0n) is 11.0. The van der Waals surface area contributed by atoms with Crippen LogP contribution in [-0.4, -0.2) is 42.6 Å². The Kier molecular flexibility index (Phi) is 5.29. The second-order valence-electron chi connectivity index (χ2n) is 4.82. The number of hydrogen-bond donors (Lipinski definition) is 3. The van der Waals surface area contributed by atoms with Gasteiger partial charge in [0.05, 0.1) is 12.5 Å². The first-order valence-corrected chi connectivity index (χ1v) is 6.26. The molecule has 1 aliphatic rings. The number of hydrogen-bond acceptors (Lipinski definition) is 5. The van der Waals surface area contributed by atoms with E-state index in [-0.39, 0.29) is 25.3 Å². The molecule has 4 N–H and O–H groups in total. The summed E-state index contributed by atoms with van der Waals surface area (Å²) in [6, 6.07) is -1.09. The molecule has 19 heavy (non-hydrogen) atoms. The topological polar surface area (TPSA) is 119 Å². The van der Waals surface area contributed by atoms with Crippen LogP contribution in [0.4, 0.5) is 0 Å². The number of nitrogens with two attached hydrogens (primary N) is 1. The number of carbonyl (C=O) groups is 3. The maximum absolute atomic E-state index is 12.0. The molecule has 0 aromatic rings. The Labute approximate surface area is 111 Å². The first-order chi connectivity index (χ1) is 8.95. The highest BCUT2D eigenvalue weighted by molar-refractivity contribution is 5.88. The molecule has 7 nitrogen and oxygen atoms in total. The van der Waals surface area contributed by atoms with Crippen LogP contribution in [0, 0.1) is 5.41 Å². The molecule has 0 aliphatic heterocycles. The minimum Gasteiger partial charge on any atom is -0.480 e. The van der Waals surface area contributed by atoms with Gasteiger partial charge in [0.1, 0.15) is 6.04 Å². The van der Waals surface area contributed by atoms with Crippen LogP contribution in [0.1, 0.15) is 32.1 Å². The molecular formula is C12H20N2O5. The van der Waals surface area contributed by atoms with E-state index >= 15 is 0 Å². The van der Waals surface area contributed by atoms with Crippen molar-refractivity contribution < 1.29 is 24.2 Å². The van der Waals surface area contributed by atoms with Gasteiger partial charge in [0.15, 0.2) is 0 Å². The smallest absolute Gasteiger partial charge is 0.326 e. The summed E-state index contributed by atoms with van der Waals surface area (Å²) in [4.78, 5) is 34.1. The van der Waals surface area contributed by atoms with Crippen molar-refractivity contribution in [1.82, 2.24) is 5.32 Å². The minimum atomic E-state index is -1.16. The lowest BCUT2D eigenvalue weighted by atomic mass is 9.68. The van der Waals surface area contributed by atoms with Crippen molar-refractivity contribution in [3.05, 3.63) is 0 Å². The zero-order valence-corrected chi connectivity index (χ0v) is 11.0. The summed E-state index contributed by atoms with van der Waals surface area (Å²) in [6.07, 6.45) is 2.24. The van der Waals surface area contributed by atoms with Gasteiger partial charge in [-0.25, -0.2) is 4.79 Å². The van der Waals surface area contributed by atoms with E-state index in [0.29, 0.717) is 12.8 Å². The van der Waals surface area contributed by atoms with Gasteiger partial charge in [-0.3, -0.25) is 9.59 Å². The second-order valence-corrected chi connectivity index (χ2v) is 4.82. The van der Waals surface area contributed by atoms with Crippen LogP contribution < -0.4 is 11.1 Å². The number of nitrogens with one attached hydrogen (secondary N) is 1. The van der Waals surface area contributed by atoms with Crippen molar-refractivity contribution in [1.29, 1.82) is 0 Å². The molecule has 1 aliphatic carbocycles. The fraction of sp³-hybridized carbons (Fsp3) is 0.750. The molecule has 1 amide bonds. The van der Waals surface area contributed by atoms with Crippen molar-refractivity contribution in [3.8, 4) is 0 Å². The number of methoxy groups -OCH3 is 1. The molecule has 0 bridgehead atoms. The standard InChI is InChI=1S/C12H20N2O5/c1-19-9(15)4-3-8(10(16)17)14-11(18)12(7-13)5-2-6-12/h8H,2-7,13H2,1H3,(H,14,18)(H,16,17). The van der Waals surface area contributed by atoms with Crippen LogP contribution in [0.3, 0.4) is 0 Å². The molecule has 0 spiro atoms. The Morgan fingerprint density at radius 3 is 2.42 bits per heavy atom. The normalized spacial score (nSPS) is 18.0. The summed E-state index contributed by atoms with van der Waals surface area (Å²) >= 11 is 0. The minimum absolute atomic E-state index is 0.00833. The predicted octanol–water partition coefficient (Wildman–Crippen LogP) is -0.362. The first-order valence-electron chi connectivity index (χ1n) is 6.26. The van der Waals surface area contributed by atoms with E-state index < -0.39 is 23.4 Å². The highest BCUT2D eigenvalue weighted by Crippen LogP contribution is 2.40. The lowest BCUT2D eigenvalue weighted by molar-refractivity contribution is -0.147. The average molecular weight is 272 g/mol. The predicted molar refractivity (Wildman–Crippen MR) is 66.2 cm³/mol. The Morgan fingerprint density at radius 2 is 2.05 bits per heavy atom. The van der Waals surface area contributed by atoms with Crippen LogP contribution >= 0.6 is 0 Å². The number of aliphatic carboxylic acids is 1. The van der Waals surface area contributed by atoms with E-state index in [2.05, 4.69) is 10.1 Å². The molecule has 1 fully saturated rings. The lowest BCUT2D eigenvalue weighted by Gasteiger charge is -2.39. The molecule has 1 saturated carbocycles. The number of carboxylic acid groups (broad SMARTS) is 1. The SMILES string of the molecule is COC(=O)CCC(NC(=O)C1(CN)CCC1)C(=O)O. The van der Waals surface area contributed by atoms with Crippen LogP contribution in [0.15, 0.2) is 0 Å². The van der Waals surface area contributed by atoms with Gasteiger partial charge in [-0.05, 0) is 19.3 Å². The Morgan fingerprint density at radius 1 is 1.42 bits per heavy atom. The van der Waals surface area contributed by atoms with Gasteiger partial charge >= 0.3 is 11.9 Å². The molecule has 108 valence electrons. The molecule has 1 rings (SSSR count). The summed E-state index contributed by atoms with van der Waals surface area (Å²) in [5, 5.41) is 11.5. The molecular weight excluding hydrogens is 252 g/mol. The van der Waals surface area contributed by atoms with E-state index in [0.717, 1.165) is 6.42 Å². The van der Waals surface area contributed by atoms with Crippen molar-refractivity contribution in [2.75, 3.05) is 13.7 Å². The molecule has 0 radical (unpaired) electrons. The first kappa shape index (κ1) is 15.4. The van der Waals surface area contributed by atoms with Gasteiger partial charge in [0.25, 0.3) is 0 Å². The maximum Gasteiger partial charge on any atom is 0.326 e. The molecule has 1 unspecified atom stereocenters.